The molecule has 3 N–H and O–H groups in total. The molecule has 1 unspecified atom stereocenters. The van der Waals surface area contributed by atoms with Gasteiger partial charge in [-0.05, 0) is 20.8 Å². The highest BCUT2D eigenvalue weighted by atomic mass is 16.5. The molecule has 0 amide bonds. The first-order valence-corrected chi connectivity index (χ1v) is 5.11. The maximum atomic E-state index is 7.29. The van der Waals surface area contributed by atoms with E-state index in [1.807, 2.05) is 0 Å². The lowest BCUT2D eigenvalue weighted by atomic mass is 9.99. The fourth-order valence-electron chi connectivity index (χ4n) is 2.12. The van der Waals surface area contributed by atoms with E-state index < -0.39 is 0 Å². The topological polar surface area (TPSA) is 62.3 Å². The van der Waals surface area contributed by atoms with Gasteiger partial charge in [0.1, 0.15) is 0 Å². The molecule has 14 heavy (non-hydrogen) atoms. The Labute approximate surface area is 85.9 Å². The summed E-state index contributed by atoms with van der Waals surface area (Å²) in [5.41, 5.74) is 5.48. The minimum atomic E-state index is 0.0626. The predicted molar refractivity (Wildman–Crippen MR) is 57.6 cm³/mol. The third-order valence-electron chi connectivity index (χ3n) is 2.76. The number of nitrogens with zero attached hydrogens (tertiary/aromatic N) is 1. The van der Waals surface area contributed by atoms with Crippen molar-refractivity contribution in [3.05, 3.63) is 0 Å². The van der Waals surface area contributed by atoms with E-state index in [-0.39, 0.29) is 11.4 Å². The molecule has 0 aromatic rings. The standard InChI is InChI=1S/C10H21N3O/c1-8(6-9(11)12)13-4-5-14-7-10(13,2)3/h8H,4-7H2,1-3H3,(H3,11,12). The quantitative estimate of drug-likeness (QED) is 0.522. The molecular weight excluding hydrogens is 178 g/mol. The van der Waals surface area contributed by atoms with Gasteiger partial charge < -0.3 is 10.5 Å². The normalized spacial score (nSPS) is 24.5. The Kier molecular flexibility index (Phi) is 3.50. The fraction of sp³-hybridized carbons (Fsp3) is 0.900. The summed E-state index contributed by atoms with van der Waals surface area (Å²) in [5.74, 6) is 0.264. The Hall–Kier alpha value is -0.610. The highest BCUT2D eigenvalue weighted by Crippen LogP contribution is 2.22. The van der Waals surface area contributed by atoms with E-state index in [2.05, 4.69) is 25.7 Å². The maximum Gasteiger partial charge on any atom is 0.0920 e. The Morgan fingerprint density at radius 2 is 2.29 bits per heavy atom. The zero-order chi connectivity index (χ0) is 10.8. The molecule has 0 aromatic heterocycles. The molecule has 0 radical (unpaired) electrons. The number of amidine groups is 1. The lowest BCUT2D eigenvalue weighted by Crippen LogP contribution is -2.56. The van der Waals surface area contributed by atoms with E-state index in [1.54, 1.807) is 0 Å². The predicted octanol–water partition coefficient (Wildman–Crippen LogP) is 0.812. The average Bonchev–Trinajstić information content (AvgIpc) is 2.01. The third-order valence-corrected chi connectivity index (χ3v) is 2.76. The number of nitrogens with one attached hydrogen (secondary N) is 1. The second-order valence-electron chi connectivity index (χ2n) is 4.64. The average molecular weight is 199 g/mol. The number of hydrogen-bond acceptors (Lipinski definition) is 3. The Balaban J connectivity index is 2.59. The molecule has 82 valence electrons. The van der Waals surface area contributed by atoms with Crippen molar-refractivity contribution in [3.8, 4) is 0 Å². The first-order valence-electron chi connectivity index (χ1n) is 5.11. The van der Waals surface area contributed by atoms with Gasteiger partial charge in [-0.1, -0.05) is 0 Å². The second kappa shape index (κ2) is 4.28. The number of rotatable bonds is 3. The molecule has 1 fully saturated rings. The van der Waals surface area contributed by atoms with Crippen LogP contribution in [0.4, 0.5) is 0 Å². The molecule has 1 atom stereocenters. The molecule has 4 nitrogen and oxygen atoms in total. The van der Waals surface area contributed by atoms with Crippen LogP contribution >= 0.6 is 0 Å². The van der Waals surface area contributed by atoms with Crippen molar-refractivity contribution in [2.75, 3.05) is 19.8 Å². The summed E-state index contributed by atoms with van der Waals surface area (Å²) in [6, 6.07) is 0.325. The Morgan fingerprint density at radius 1 is 1.64 bits per heavy atom. The maximum absolute atomic E-state index is 7.29. The summed E-state index contributed by atoms with van der Waals surface area (Å²) in [4.78, 5) is 2.37. The van der Waals surface area contributed by atoms with Gasteiger partial charge in [0.15, 0.2) is 0 Å². The van der Waals surface area contributed by atoms with Crippen LogP contribution in [0.2, 0.25) is 0 Å². The monoisotopic (exact) mass is 199 g/mol. The molecule has 1 aliphatic rings. The van der Waals surface area contributed by atoms with Crippen molar-refractivity contribution >= 4 is 5.84 Å². The Bertz CT molecular complexity index is 215. The molecule has 4 heteroatoms. The number of hydrogen-bond donors (Lipinski definition) is 2. The smallest absolute Gasteiger partial charge is 0.0920 e. The van der Waals surface area contributed by atoms with Crippen molar-refractivity contribution in [2.24, 2.45) is 5.73 Å². The van der Waals surface area contributed by atoms with Crippen molar-refractivity contribution in [2.45, 2.75) is 38.8 Å². The van der Waals surface area contributed by atoms with Gasteiger partial charge in [-0.3, -0.25) is 10.3 Å². The van der Waals surface area contributed by atoms with Crippen molar-refractivity contribution in [3.63, 3.8) is 0 Å². The van der Waals surface area contributed by atoms with E-state index in [4.69, 9.17) is 15.9 Å². The molecule has 0 spiro atoms. The van der Waals surface area contributed by atoms with Crippen LogP contribution < -0.4 is 5.73 Å². The van der Waals surface area contributed by atoms with E-state index in [9.17, 15) is 0 Å². The van der Waals surface area contributed by atoms with Crippen LogP contribution in [-0.2, 0) is 4.74 Å². The van der Waals surface area contributed by atoms with Gasteiger partial charge in [-0.15, -0.1) is 0 Å². The number of nitrogens with two attached hydrogens (primary N) is 1. The van der Waals surface area contributed by atoms with E-state index in [0.29, 0.717) is 12.5 Å². The fourth-order valence-corrected chi connectivity index (χ4v) is 2.12. The molecule has 0 aromatic carbocycles. The number of morpholine rings is 1. The molecule has 0 aliphatic carbocycles. The highest BCUT2D eigenvalue weighted by molar-refractivity contribution is 5.77. The SMILES string of the molecule is CC(CC(=N)N)N1CCOCC1(C)C. The summed E-state index contributed by atoms with van der Waals surface area (Å²) in [6.07, 6.45) is 0.642. The van der Waals surface area contributed by atoms with Crippen molar-refractivity contribution in [1.82, 2.24) is 4.90 Å². The Morgan fingerprint density at radius 3 is 2.79 bits per heavy atom. The zero-order valence-electron chi connectivity index (χ0n) is 9.34. The molecule has 1 saturated heterocycles. The van der Waals surface area contributed by atoms with Gasteiger partial charge in [0.05, 0.1) is 19.0 Å². The molecule has 1 aliphatic heterocycles. The summed E-state index contributed by atoms with van der Waals surface area (Å²) >= 11 is 0. The van der Waals surface area contributed by atoms with Gasteiger partial charge in [0.2, 0.25) is 0 Å². The summed E-state index contributed by atoms with van der Waals surface area (Å²) in [6.45, 7) is 8.93. The summed E-state index contributed by atoms with van der Waals surface area (Å²) < 4.78 is 5.44. The van der Waals surface area contributed by atoms with Crippen molar-refractivity contribution < 1.29 is 4.74 Å². The van der Waals surface area contributed by atoms with Crippen LogP contribution in [0.1, 0.15) is 27.2 Å². The molecule has 1 heterocycles. The number of ether oxygens (including phenoxy) is 1. The van der Waals surface area contributed by atoms with Crippen LogP contribution in [0.5, 0.6) is 0 Å². The minimum absolute atomic E-state index is 0.0626. The van der Waals surface area contributed by atoms with Crippen LogP contribution in [0, 0.1) is 5.41 Å². The molecule has 0 saturated carbocycles. The van der Waals surface area contributed by atoms with E-state index in [1.165, 1.54) is 0 Å². The van der Waals surface area contributed by atoms with Gasteiger partial charge >= 0.3 is 0 Å². The first-order chi connectivity index (χ1) is 6.43. The van der Waals surface area contributed by atoms with E-state index in [0.717, 1.165) is 19.8 Å². The molecular formula is C10H21N3O. The lowest BCUT2D eigenvalue weighted by molar-refractivity contribution is -0.0674. The van der Waals surface area contributed by atoms with E-state index >= 15 is 0 Å². The molecule has 1 rings (SSSR count). The zero-order valence-corrected chi connectivity index (χ0v) is 9.34. The van der Waals surface area contributed by atoms with Gasteiger partial charge in [0.25, 0.3) is 0 Å². The molecule has 0 bridgehead atoms. The second-order valence-corrected chi connectivity index (χ2v) is 4.64. The van der Waals surface area contributed by atoms with Crippen LogP contribution in [0.25, 0.3) is 0 Å². The van der Waals surface area contributed by atoms with Gasteiger partial charge in [-0.2, -0.15) is 0 Å². The van der Waals surface area contributed by atoms with Crippen molar-refractivity contribution in [1.29, 1.82) is 5.41 Å². The largest absolute Gasteiger partial charge is 0.388 e. The summed E-state index contributed by atoms with van der Waals surface area (Å²) in [5, 5.41) is 7.29. The summed E-state index contributed by atoms with van der Waals surface area (Å²) in [7, 11) is 0. The van der Waals surface area contributed by atoms with Crippen LogP contribution in [0.15, 0.2) is 0 Å². The minimum Gasteiger partial charge on any atom is -0.388 e. The van der Waals surface area contributed by atoms with Gasteiger partial charge in [0, 0.05) is 24.5 Å². The van der Waals surface area contributed by atoms with Gasteiger partial charge in [-0.25, -0.2) is 0 Å². The highest BCUT2D eigenvalue weighted by Gasteiger charge is 2.33. The first kappa shape index (κ1) is 11.5. The third kappa shape index (κ3) is 2.69. The van der Waals surface area contributed by atoms with Crippen LogP contribution in [0.3, 0.4) is 0 Å². The van der Waals surface area contributed by atoms with Crippen LogP contribution in [-0.4, -0.2) is 42.1 Å². The lowest BCUT2D eigenvalue weighted by Gasteiger charge is -2.45.